The Hall–Kier alpha value is -2.03. The van der Waals surface area contributed by atoms with Crippen molar-refractivity contribution in [2.24, 2.45) is 0 Å². The number of aryl methyl sites for hydroxylation is 1. The summed E-state index contributed by atoms with van der Waals surface area (Å²) in [5.74, 6) is -0.0129. The smallest absolute Gasteiger partial charge is 0.307 e. The highest BCUT2D eigenvalue weighted by Gasteiger charge is 2.10. The highest BCUT2D eigenvalue weighted by atomic mass is 16.5. The van der Waals surface area contributed by atoms with Crippen molar-refractivity contribution in [2.75, 3.05) is 7.11 Å². The van der Waals surface area contributed by atoms with Gasteiger partial charge in [-0.05, 0) is 40.5 Å². The molecule has 0 saturated carbocycles. The summed E-state index contributed by atoms with van der Waals surface area (Å²) in [4.78, 5) is 11.0. The van der Waals surface area contributed by atoms with Crippen LogP contribution in [0.1, 0.15) is 18.1 Å². The topological polar surface area (TPSA) is 46.5 Å². The third-order valence-corrected chi connectivity index (χ3v) is 3.14. The van der Waals surface area contributed by atoms with E-state index in [9.17, 15) is 4.79 Å². The molecule has 0 radical (unpaired) electrons. The Balaban J connectivity index is 2.65. The summed E-state index contributed by atoms with van der Waals surface area (Å²) in [5, 5.41) is 11.0. The fraction of sp³-hybridized carbons (Fsp3) is 0.267. The molecule has 0 bridgehead atoms. The summed E-state index contributed by atoms with van der Waals surface area (Å²) in [5.41, 5.74) is 2.00. The average Bonchev–Trinajstić information content (AvgIpc) is 2.37. The van der Waals surface area contributed by atoms with Crippen molar-refractivity contribution in [1.29, 1.82) is 0 Å². The molecule has 0 aromatic heterocycles. The Morgan fingerprint density at radius 1 is 1.28 bits per heavy atom. The van der Waals surface area contributed by atoms with Gasteiger partial charge in [0.25, 0.3) is 0 Å². The van der Waals surface area contributed by atoms with E-state index in [1.807, 2.05) is 37.3 Å². The zero-order valence-electron chi connectivity index (χ0n) is 10.6. The number of benzene rings is 2. The van der Waals surface area contributed by atoms with E-state index in [0.29, 0.717) is 0 Å². The molecule has 3 heteroatoms. The molecular formula is C15H16O3. The van der Waals surface area contributed by atoms with Crippen LogP contribution in [0.25, 0.3) is 10.8 Å². The van der Waals surface area contributed by atoms with Crippen molar-refractivity contribution in [3.63, 3.8) is 0 Å². The second-order valence-electron chi connectivity index (χ2n) is 4.21. The maximum absolute atomic E-state index is 11.0. The zero-order valence-corrected chi connectivity index (χ0v) is 10.6. The highest BCUT2D eigenvalue weighted by molar-refractivity contribution is 5.90. The molecule has 0 aliphatic heterocycles. The minimum atomic E-state index is -0.798. The van der Waals surface area contributed by atoms with Crippen molar-refractivity contribution >= 4 is 16.7 Å². The van der Waals surface area contributed by atoms with E-state index in [0.717, 1.165) is 34.1 Å². The van der Waals surface area contributed by atoms with E-state index < -0.39 is 5.97 Å². The van der Waals surface area contributed by atoms with Gasteiger partial charge in [0.2, 0.25) is 0 Å². The molecule has 18 heavy (non-hydrogen) atoms. The number of ether oxygens (including phenoxy) is 1. The lowest BCUT2D eigenvalue weighted by molar-refractivity contribution is -0.136. The van der Waals surface area contributed by atoms with Gasteiger partial charge in [-0.15, -0.1) is 0 Å². The van der Waals surface area contributed by atoms with Gasteiger partial charge in [-0.1, -0.05) is 25.1 Å². The Morgan fingerprint density at radius 2 is 2.06 bits per heavy atom. The number of hydrogen-bond acceptors (Lipinski definition) is 2. The Kier molecular flexibility index (Phi) is 3.51. The lowest BCUT2D eigenvalue weighted by Crippen LogP contribution is -2.04. The first-order valence-electron chi connectivity index (χ1n) is 5.96. The molecular weight excluding hydrogens is 228 g/mol. The van der Waals surface area contributed by atoms with Crippen molar-refractivity contribution in [3.05, 3.63) is 41.5 Å². The normalized spacial score (nSPS) is 10.6. The third-order valence-electron chi connectivity index (χ3n) is 3.14. The number of carboxylic acids is 1. The summed E-state index contributed by atoms with van der Waals surface area (Å²) >= 11 is 0. The van der Waals surface area contributed by atoms with Gasteiger partial charge < -0.3 is 9.84 Å². The predicted octanol–water partition coefficient (Wildman–Crippen LogP) is 3.04. The van der Waals surface area contributed by atoms with Crippen molar-refractivity contribution in [1.82, 2.24) is 0 Å². The second-order valence-corrected chi connectivity index (χ2v) is 4.21. The number of aliphatic carboxylic acids is 1. The van der Waals surface area contributed by atoms with Gasteiger partial charge in [0.05, 0.1) is 13.5 Å². The number of hydrogen-bond donors (Lipinski definition) is 1. The largest absolute Gasteiger partial charge is 0.497 e. The summed E-state index contributed by atoms with van der Waals surface area (Å²) in [6.45, 7) is 2.04. The fourth-order valence-electron chi connectivity index (χ4n) is 2.24. The Labute approximate surface area is 106 Å². The van der Waals surface area contributed by atoms with Gasteiger partial charge in [0, 0.05) is 0 Å². The number of carbonyl (C=O) groups is 1. The van der Waals surface area contributed by atoms with Crippen LogP contribution < -0.4 is 4.74 Å². The van der Waals surface area contributed by atoms with E-state index in [1.54, 1.807) is 7.11 Å². The van der Waals surface area contributed by atoms with Gasteiger partial charge in [0.15, 0.2) is 0 Å². The van der Waals surface area contributed by atoms with Crippen LogP contribution in [0.4, 0.5) is 0 Å². The first kappa shape index (κ1) is 12.4. The summed E-state index contributed by atoms with van der Waals surface area (Å²) in [6.07, 6.45) is 0.900. The lowest BCUT2D eigenvalue weighted by atomic mass is 9.95. The van der Waals surface area contributed by atoms with Crippen LogP contribution in [-0.4, -0.2) is 18.2 Å². The predicted molar refractivity (Wildman–Crippen MR) is 71.2 cm³/mol. The lowest BCUT2D eigenvalue weighted by Gasteiger charge is -2.11. The molecule has 0 heterocycles. The molecule has 0 amide bonds. The molecule has 0 unspecified atom stereocenters. The van der Waals surface area contributed by atoms with Crippen LogP contribution in [-0.2, 0) is 17.6 Å². The van der Waals surface area contributed by atoms with Crippen molar-refractivity contribution in [2.45, 2.75) is 19.8 Å². The molecule has 0 aliphatic carbocycles. The molecule has 3 nitrogen and oxygen atoms in total. The molecule has 2 rings (SSSR count). The monoisotopic (exact) mass is 244 g/mol. The zero-order chi connectivity index (χ0) is 13.1. The summed E-state index contributed by atoms with van der Waals surface area (Å²) < 4.78 is 5.18. The molecule has 0 fully saturated rings. The van der Waals surface area contributed by atoms with Crippen LogP contribution in [0.5, 0.6) is 5.75 Å². The van der Waals surface area contributed by atoms with Gasteiger partial charge >= 0.3 is 5.97 Å². The first-order chi connectivity index (χ1) is 8.65. The molecule has 94 valence electrons. The fourth-order valence-corrected chi connectivity index (χ4v) is 2.24. The van der Waals surface area contributed by atoms with E-state index in [2.05, 4.69) is 0 Å². The Morgan fingerprint density at radius 3 is 2.67 bits per heavy atom. The van der Waals surface area contributed by atoms with Gasteiger partial charge in [-0.2, -0.15) is 0 Å². The molecule has 2 aromatic rings. The number of fused-ring (bicyclic) bond motifs is 1. The van der Waals surface area contributed by atoms with E-state index in [1.165, 1.54) is 0 Å². The van der Waals surface area contributed by atoms with Crippen LogP contribution in [0, 0.1) is 0 Å². The minimum absolute atomic E-state index is 0.0623. The third kappa shape index (κ3) is 2.30. The molecule has 0 saturated heterocycles. The molecule has 1 N–H and O–H groups in total. The summed E-state index contributed by atoms with van der Waals surface area (Å²) in [6, 6.07) is 9.75. The number of methoxy groups -OCH3 is 1. The van der Waals surface area contributed by atoms with Gasteiger partial charge in [-0.25, -0.2) is 0 Å². The molecule has 0 aliphatic rings. The molecule has 0 atom stereocenters. The SMILES string of the molecule is CCc1ccc2cc(OC)ccc2c1CC(=O)O. The minimum Gasteiger partial charge on any atom is -0.497 e. The number of rotatable bonds is 4. The quantitative estimate of drug-likeness (QED) is 0.899. The highest BCUT2D eigenvalue weighted by Crippen LogP contribution is 2.27. The Bertz CT molecular complexity index is 588. The molecule has 0 spiro atoms. The van der Waals surface area contributed by atoms with Gasteiger partial charge in [-0.3, -0.25) is 4.79 Å². The maximum atomic E-state index is 11.0. The van der Waals surface area contributed by atoms with Crippen molar-refractivity contribution in [3.8, 4) is 5.75 Å². The van der Waals surface area contributed by atoms with E-state index >= 15 is 0 Å². The van der Waals surface area contributed by atoms with Crippen LogP contribution in [0.2, 0.25) is 0 Å². The van der Waals surface area contributed by atoms with Crippen LogP contribution >= 0.6 is 0 Å². The second kappa shape index (κ2) is 5.08. The summed E-state index contributed by atoms with van der Waals surface area (Å²) in [7, 11) is 1.62. The first-order valence-corrected chi connectivity index (χ1v) is 5.96. The maximum Gasteiger partial charge on any atom is 0.307 e. The van der Waals surface area contributed by atoms with Gasteiger partial charge in [0.1, 0.15) is 5.75 Å². The average molecular weight is 244 g/mol. The van der Waals surface area contributed by atoms with Crippen LogP contribution in [0.3, 0.4) is 0 Å². The molecule has 2 aromatic carbocycles. The number of carboxylic acid groups (broad SMARTS) is 1. The van der Waals surface area contributed by atoms with Crippen molar-refractivity contribution < 1.29 is 14.6 Å². The van der Waals surface area contributed by atoms with E-state index in [-0.39, 0.29) is 6.42 Å². The standard InChI is InChI=1S/C15H16O3/c1-3-10-4-5-11-8-12(18-2)6-7-13(11)14(10)9-15(16)17/h4-8H,3,9H2,1-2H3,(H,16,17). The van der Waals surface area contributed by atoms with Crippen LogP contribution in [0.15, 0.2) is 30.3 Å². The van der Waals surface area contributed by atoms with E-state index in [4.69, 9.17) is 9.84 Å².